The Bertz CT molecular complexity index is 704. The molecular weight excluding hydrogens is 329 g/mol. The third kappa shape index (κ3) is 3.09. The molecule has 0 saturated heterocycles. The smallest absolute Gasteiger partial charge is 0.345 e. The topological polar surface area (TPSA) is 80.4 Å². The molecule has 1 aromatic heterocycles. The number of hydrogen-bond donors (Lipinski definition) is 1. The van der Waals surface area contributed by atoms with Crippen LogP contribution in [0.2, 0.25) is 5.02 Å². The van der Waals surface area contributed by atoms with Gasteiger partial charge in [0.25, 0.3) is 5.69 Å². The van der Waals surface area contributed by atoms with E-state index in [1.165, 1.54) is 6.07 Å². The number of rotatable bonds is 4. The minimum absolute atomic E-state index is 0.114. The lowest BCUT2D eigenvalue weighted by atomic mass is 10.3. The number of carboxylic acid groups (broad SMARTS) is 1. The lowest BCUT2D eigenvalue weighted by Gasteiger charge is -2.02. The van der Waals surface area contributed by atoms with Gasteiger partial charge in [0, 0.05) is 10.3 Å². The molecule has 0 radical (unpaired) electrons. The number of hydrogen-bond acceptors (Lipinski definition) is 5. The minimum Gasteiger partial charge on any atom is -0.477 e. The zero-order valence-electron chi connectivity index (χ0n) is 9.50. The van der Waals surface area contributed by atoms with Gasteiger partial charge in [-0.25, -0.2) is 9.18 Å². The first kappa shape index (κ1) is 14.8. The van der Waals surface area contributed by atoms with Crippen molar-refractivity contribution in [2.45, 2.75) is 9.79 Å². The molecule has 0 unspecified atom stereocenters. The summed E-state index contributed by atoms with van der Waals surface area (Å²) < 4.78 is 13.2. The average Bonchev–Trinajstić information content (AvgIpc) is 2.82. The first-order valence-electron chi connectivity index (χ1n) is 5.01. The molecule has 0 atom stereocenters. The van der Waals surface area contributed by atoms with E-state index < -0.39 is 22.4 Å². The molecule has 0 aliphatic rings. The molecular formula is C11H5ClFNO4S2. The summed E-state index contributed by atoms with van der Waals surface area (Å²) in [5.41, 5.74) is -0.417. The summed E-state index contributed by atoms with van der Waals surface area (Å²) in [5.74, 6) is -1.95. The van der Waals surface area contributed by atoms with Crippen molar-refractivity contribution >= 4 is 46.4 Å². The zero-order chi connectivity index (χ0) is 14.9. The van der Waals surface area contributed by atoms with Crippen molar-refractivity contribution in [3.8, 4) is 0 Å². The van der Waals surface area contributed by atoms with E-state index in [1.807, 2.05) is 0 Å². The van der Waals surface area contributed by atoms with E-state index in [1.54, 1.807) is 5.38 Å². The van der Waals surface area contributed by atoms with Crippen LogP contribution in [0.15, 0.2) is 33.4 Å². The van der Waals surface area contributed by atoms with Gasteiger partial charge < -0.3 is 5.11 Å². The normalized spacial score (nSPS) is 10.5. The predicted molar refractivity (Wildman–Crippen MR) is 73.5 cm³/mol. The molecule has 9 heteroatoms. The van der Waals surface area contributed by atoms with Crippen molar-refractivity contribution in [2.75, 3.05) is 0 Å². The Hall–Kier alpha value is -1.64. The Kier molecular flexibility index (Phi) is 4.26. The monoisotopic (exact) mass is 333 g/mol. The second-order valence-electron chi connectivity index (χ2n) is 3.55. The molecule has 1 aromatic carbocycles. The molecule has 1 N–H and O–H groups in total. The quantitative estimate of drug-likeness (QED) is 0.666. The van der Waals surface area contributed by atoms with Gasteiger partial charge in [0.2, 0.25) is 0 Å². The predicted octanol–water partition coefficient (Wildman–Crippen LogP) is 4.30. The fourth-order valence-electron chi connectivity index (χ4n) is 1.35. The van der Waals surface area contributed by atoms with Crippen LogP contribution in [0, 0.1) is 15.9 Å². The number of carboxylic acids is 1. The van der Waals surface area contributed by atoms with Crippen molar-refractivity contribution in [3.63, 3.8) is 0 Å². The van der Waals surface area contributed by atoms with Gasteiger partial charge >= 0.3 is 5.97 Å². The van der Waals surface area contributed by atoms with Gasteiger partial charge in [-0.1, -0.05) is 23.4 Å². The van der Waals surface area contributed by atoms with Crippen LogP contribution < -0.4 is 0 Å². The van der Waals surface area contributed by atoms with Crippen LogP contribution in [0.1, 0.15) is 9.67 Å². The molecule has 0 bridgehead atoms. The van der Waals surface area contributed by atoms with Crippen LogP contribution >= 0.6 is 34.7 Å². The molecule has 0 amide bonds. The van der Waals surface area contributed by atoms with Crippen LogP contribution in [0.5, 0.6) is 0 Å². The number of aromatic carboxylic acids is 1. The van der Waals surface area contributed by atoms with Crippen LogP contribution in [0.25, 0.3) is 0 Å². The Morgan fingerprint density at radius 3 is 2.70 bits per heavy atom. The van der Waals surface area contributed by atoms with Crippen LogP contribution in [0.4, 0.5) is 10.1 Å². The number of carbonyl (C=O) groups is 1. The molecule has 2 aromatic rings. The highest BCUT2D eigenvalue weighted by Gasteiger charge is 2.19. The van der Waals surface area contributed by atoms with E-state index >= 15 is 0 Å². The molecule has 104 valence electrons. The molecule has 2 rings (SSSR count). The first-order valence-corrected chi connectivity index (χ1v) is 7.09. The lowest BCUT2D eigenvalue weighted by Crippen LogP contribution is -1.93. The van der Waals surface area contributed by atoms with Gasteiger partial charge in [-0.3, -0.25) is 10.1 Å². The van der Waals surface area contributed by atoms with Gasteiger partial charge in [0.05, 0.1) is 20.9 Å². The Labute approximate surface area is 125 Å². The molecule has 5 nitrogen and oxygen atoms in total. The van der Waals surface area contributed by atoms with E-state index in [4.69, 9.17) is 16.7 Å². The number of thiophene rings is 1. The molecule has 1 heterocycles. The molecule has 0 aliphatic heterocycles. The third-order valence-corrected chi connectivity index (χ3v) is 4.59. The average molecular weight is 334 g/mol. The summed E-state index contributed by atoms with van der Waals surface area (Å²) in [5, 5.41) is 21.0. The maximum Gasteiger partial charge on any atom is 0.345 e. The molecule has 20 heavy (non-hydrogen) atoms. The molecule has 0 saturated carbocycles. The van der Waals surface area contributed by atoms with Crippen LogP contribution in [0.3, 0.4) is 0 Å². The highest BCUT2D eigenvalue weighted by atomic mass is 35.5. The van der Waals surface area contributed by atoms with E-state index in [0.29, 0.717) is 4.90 Å². The highest BCUT2D eigenvalue weighted by molar-refractivity contribution is 7.99. The van der Waals surface area contributed by atoms with Crippen molar-refractivity contribution in [2.24, 2.45) is 0 Å². The summed E-state index contributed by atoms with van der Waals surface area (Å²) in [6.07, 6.45) is 0. The summed E-state index contributed by atoms with van der Waals surface area (Å²) in [4.78, 5) is 21.7. The number of nitro benzene ring substituents is 1. The van der Waals surface area contributed by atoms with E-state index in [9.17, 15) is 19.3 Å². The highest BCUT2D eigenvalue weighted by Crippen LogP contribution is 2.39. The van der Waals surface area contributed by atoms with Gasteiger partial charge in [-0.2, -0.15) is 0 Å². The number of nitro groups is 1. The maximum atomic E-state index is 13.2. The second kappa shape index (κ2) is 5.78. The Balaban J connectivity index is 2.39. The van der Waals surface area contributed by atoms with Crippen LogP contribution in [-0.2, 0) is 0 Å². The van der Waals surface area contributed by atoms with Gasteiger partial charge in [0.1, 0.15) is 10.7 Å². The molecule has 0 aliphatic carbocycles. The summed E-state index contributed by atoms with van der Waals surface area (Å²) in [6, 6.07) is 3.28. The largest absolute Gasteiger partial charge is 0.477 e. The van der Waals surface area contributed by atoms with Gasteiger partial charge in [-0.05, 0) is 12.1 Å². The Morgan fingerprint density at radius 1 is 1.45 bits per heavy atom. The molecule has 0 spiro atoms. The van der Waals surface area contributed by atoms with Gasteiger partial charge in [-0.15, -0.1) is 11.3 Å². The first-order chi connectivity index (χ1) is 9.38. The fourth-order valence-corrected chi connectivity index (χ4v) is 3.45. The third-order valence-electron chi connectivity index (χ3n) is 2.21. The number of nitrogens with zero attached hydrogens (tertiary/aromatic N) is 1. The molecule has 0 fully saturated rings. The van der Waals surface area contributed by atoms with Gasteiger partial charge in [0.15, 0.2) is 0 Å². The standard InChI is InChI=1S/C11H5ClFNO4S2/c12-6-2-9(8(14(17)18)3-7(6)13)20-5-1-10(11(15)16)19-4-5/h1-4H,(H,15,16). The Morgan fingerprint density at radius 2 is 2.15 bits per heavy atom. The summed E-state index contributed by atoms with van der Waals surface area (Å²) in [6.45, 7) is 0. The van der Waals surface area contributed by atoms with E-state index in [2.05, 4.69) is 0 Å². The minimum atomic E-state index is -1.08. The van der Waals surface area contributed by atoms with Crippen molar-refractivity contribution in [1.82, 2.24) is 0 Å². The van der Waals surface area contributed by atoms with Crippen molar-refractivity contribution in [3.05, 3.63) is 49.4 Å². The van der Waals surface area contributed by atoms with Crippen molar-refractivity contribution in [1.29, 1.82) is 0 Å². The van der Waals surface area contributed by atoms with E-state index in [0.717, 1.165) is 35.2 Å². The summed E-state index contributed by atoms with van der Waals surface area (Å²) in [7, 11) is 0. The maximum absolute atomic E-state index is 13.2. The number of halogens is 2. The second-order valence-corrected chi connectivity index (χ2v) is 5.98. The fraction of sp³-hybridized carbons (Fsp3) is 0. The number of benzene rings is 1. The van der Waals surface area contributed by atoms with E-state index in [-0.39, 0.29) is 14.8 Å². The zero-order valence-corrected chi connectivity index (χ0v) is 11.9. The SMILES string of the molecule is O=C(O)c1cc(Sc2cc(Cl)c(F)cc2[N+](=O)[O-])cs1. The summed E-state index contributed by atoms with van der Waals surface area (Å²) >= 11 is 7.57. The lowest BCUT2D eigenvalue weighted by molar-refractivity contribution is -0.387. The van der Waals surface area contributed by atoms with Crippen molar-refractivity contribution < 1.29 is 19.2 Å². The van der Waals surface area contributed by atoms with Crippen LogP contribution in [-0.4, -0.2) is 16.0 Å².